The molecule has 0 aliphatic rings. The number of hydrogen-bond acceptors (Lipinski definition) is 2. The molecule has 88 valence electrons. The van der Waals surface area contributed by atoms with Crippen LogP contribution in [-0.2, 0) is 0 Å². The first kappa shape index (κ1) is 13.3. The molecule has 0 saturated heterocycles. The first-order valence-corrected chi connectivity index (χ1v) is 7.39. The van der Waals surface area contributed by atoms with Crippen molar-refractivity contribution in [1.29, 1.82) is 0 Å². The van der Waals surface area contributed by atoms with Crippen molar-refractivity contribution >= 4 is 63.2 Å². The van der Waals surface area contributed by atoms with Crippen molar-refractivity contribution in [1.82, 2.24) is 0 Å². The highest BCUT2D eigenvalue weighted by molar-refractivity contribution is 14.1. The van der Waals surface area contributed by atoms with E-state index in [0.29, 0.717) is 10.0 Å². The second-order valence-corrected chi connectivity index (χ2v) is 6.53. The van der Waals surface area contributed by atoms with Gasteiger partial charge in [-0.25, -0.2) is 0 Å². The highest BCUT2D eigenvalue weighted by atomic mass is 127. The minimum Gasteiger partial charge on any atom is -0.398 e. The molecule has 2 aromatic carbocycles. The van der Waals surface area contributed by atoms with E-state index < -0.39 is 0 Å². The number of anilines is 1. The third kappa shape index (κ3) is 3.44. The summed E-state index contributed by atoms with van der Waals surface area (Å²) in [5, 5.41) is 1.35. The van der Waals surface area contributed by atoms with Gasteiger partial charge in [0.25, 0.3) is 0 Å². The third-order valence-electron chi connectivity index (χ3n) is 2.08. The molecule has 5 heteroatoms. The Bertz CT molecular complexity index is 560. The Morgan fingerprint density at radius 2 is 1.76 bits per heavy atom. The fourth-order valence-electron chi connectivity index (χ4n) is 1.29. The summed E-state index contributed by atoms with van der Waals surface area (Å²) in [5.74, 6) is 0. The van der Waals surface area contributed by atoms with Gasteiger partial charge in [-0.2, -0.15) is 0 Å². The van der Waals surface area contributed by atoms with Gasteiger partial charge in [0.2, 0.25) is 0 Å². The van der Waals surface area contributed by atoms with Crippen molar-refractivity contribution in [2.24, 2.45) is 0 Å². The van der Waals surface area contributed by atoms with Crippen LogP contribution in [0.5, 0.6) is 0 Å². The molecule has 0 radical (unpaired) electrons. The molecule has 2 N–H and O–H groups in total. The van der Waals surface area contributed by atoms with Crippen molar-refractivity contribution in [2.45, 2.75) is 9.79 Å². The van der Waals surface area contributed by atoms with Gasteiger partial charge in [-0.1, -0.05) is 35.0 Å². The summed E-state index contributed by atoms with van der Waals surface area (Å²) in [6.07, 6.45) is 0. The van der Waals surface area contributed by atoms with Gasteiger partial charge in [0.05, 0.1) is 5.02 Å². The summed E-state index contributed by atoms with van der Waals surface area (Å²) in [6, 6.07) is 11.3. The van der Waals surface area contributed by atoms with Gasteiger partial charge in [-0.15, -0.1) is 0 Å². The molecule has 0 aromatic heterocycles. The highest BCUT2D eigenvalue weighted by Crippen LogP contribution is 2.37. The number of benzene rings is 2. The van der Waals surface area contributed by atoms with Gasteiger partial charge >= 0.3 is 0 Å². The van der Waals surface area contributed by atoms with Crippen molar-refractivity contribution in [3.8, 4) is 0 Å². The Kier molecular flexibility index (Phi) is 4.47. The molecule has 0 aliphatic carbocycles. The maximum atomic E-state index is 6.11. The maximum absolute atomic E-state index is 6.11. The lowest BCUT2D eigenvalue weighted by Gasteiger charge is -2.07. The van der Waals surface area contributed by atoms with E-state index in [1.54, 1.807) is 12.1 Å². The second-order valence-electron chi connectivity index (χ2n) is 3.36. The number of halogens is 3. The smallest absolute Gasteiger partial charge is 0.0546 e. The molecule has 2 rings (SSSR count). The Balaban J connectivity index is 2.34. The van der Waals surface area contributed by atoms with Gasteiger partial charge in [-0.05, 0) is 59.0 Å². The standard InChI is InChI=1S/C12H8Cl2INS/c13-7-1-3-9(14)12(5-7)17-11-4-2-8(15)6-10(11)16/h1-6H,16H2. The predicted molar refractivity (Wildman–Crippen MR) is 84.2 cm³/mol. The zero-order valence-corrected chi connectivity index (χ0v) is 13.1. The van der Waals surface area contributed by atoms with Gasteiger partial charge in [0, 0.05) is 24.1 Å². The molecule has 1 nitrogen and oxygen atoms in total. The van der Waals surface area contributed by atoms with E-state index in [1.165, 1.54) is 11.8 Å². The lowest BCUT2D eigenvalue weighted by atomic mass is 10.3. The number of hydrogen-bond donors (Lipinski definition) is 1. The molecule has 0 atom stereocenters. The van der Waals surface area contributed by atoms with Crippen molar-refractivity contribution < 1.29 is 0 Å². The van der Waals surface area contributed by atoms with Crippen LogP contribution in [0.2, 0.25) is 10.0 Å². The fraction of sp³-hybridized carbons (Fsp3) is 0. The van der Waals surface area contributed by atoms with Crippen LogP contribution >= 0.6 is 57.6 Å². The average Bonchev–Trinajstić information content (AvgIpc) is 2.27. The summed E-state index contributed by atoms with van der Waals surface area (Å²) in [7, 11) is 0. The zero-order chi connectivity index (χ0) is 12.4. The SMILES string of the molecule is Nc1cc(I)ccc1Sc1cc(Cl)ccc1Cl. The molecule has 0 spiro atoms. The van der Waals surface area contributed by atoms with Crippen LogP contribution in [0, 0.1) is 3.57 Å². The first-order chi connectivity index (χ1) is 8.06. The van der Waals surface area contributed by atoms with E-state index in [-0.39, 0.29) is 0 Å². The Hall–Kier alpha value is -0.100. The quantitative estimate of drug-likeness (QED) is 0.549. The molecule has 0 aliphatic heterocycles. The Morgan fingerprint density at radius 3 is 2.47 bits per heavy atom. The summed E-state index contributed by atoms with van der Waals surface area (Å²) >= 11 is 15.8. The van der Waals surface area contributed by atoms with E-state index >= 15 is 0 Å². The Morgan fingerprint density at radius 1 is 1.00 bits per heavy atom. The molecule has 17 heavy (non-hydrogen) atoms. The van der Waals surface area contributed by atoms with Crippen LogP contribution in [0.3, 0.4) is 0 Å². The first-order valence-electron chi connectivity index (χ1n) is 4.74. The summed E-state index contributed by atoms with van der Waals surface area (Å²) in [6.45, 7) is 0. The van der Waals surface area contributed by atoms with Gasteiger partial charge < -0.3 is 5.73 Å². The minimum absolute atomic E-state index is 0.668. The van der Waals surface area contributed by atoms with Crippen molar-refractivity contribution in [3.63, 3.8) is 0 Å². The second kappa shape index (κ2) is 5.69. The van der Waals surface area contributed by atoms with Crippen molar-refractivity contribution in [2.75, 3.05) is 5.73 Å². The normalized spacial score (nSPS) is 10.5. The minimum atomic E-state index is 0.668. The van der Waals surface area contributed by atoms with E-state index in [1.807, 2.05) is 24.3 Å². The van der Waals surface area contributed by atoms with E-state index in [2.05, 4.69) is 22.6 Å². The van der Waals surface area contributed by atoms with Gasteiger partial charge in [-0.3, -0.25) is 0 Å². The molecular formula is C12H8Cl2INS. The molecule has 0 saturated carbocycles. The van der Waals surface area contributed by atoms with Gasteiger partial charge in [0.1, 0.15) is 0 Å². The molecule has 0 bridgehead atoms. The average molecular weight is 396 g/mol. The van der Waals surface area contributed by atoms with Crippen molar-refractivity contribution in [3.05, 3.63) is 50.0 Å². The van der Waals surface area contributed by atoms with E-state index in [0.717, 1.165) is 19.0 Å². The van der Waals surface area contributed by atoms with Crippen LogP contribution in [0.4, 0.5) is 5.69 Å². The van der Waals surface area contributed by atoms with Crippen LogP contribution in [-0.4, -0.2) is 0 Å². The van der Waals surface area contributed by atoms with Crippen LogP contribution in [0.25, 0.3) is 0 Å². The van der Waals surface area contributed by atoms with E-state index in [4.69, 9.17) is 28.9 Å². The molecule has 0 amide bonds. The monoisotopic (exact) mass is 395 g/mol. The molecule has 0 unspecified atom stereocenters. The molecule has 2 aromatic rings. The van der Waals surface area contributed by atoms with E-state index in [9.17, 15) is 0 Å². The fourth-order valence-corrected chi connectivity index (χ4v) is 3.17. The molecule has 0 fully saturated rings. The van der Waals surface area contributed by atoms with Crippen LogP contribution < -0.4 is 5.73 Å². The topological polar surface area (TPSA) is 26.0 Å². The lowest BCUT2D eigenvalue weighted by molar-refractivity contribution is 1.40. The lowest BCUT2D eigenvalue weighted by Crippen LogP contribution is -1.89. The maximum Gasteiger partial charge on any atom is 0.0546 e. The zero-order valence-electron chi connectivity index (χ0n) is 8.58. The number of nitrogens with two attached hydrogens (primary N) is 1. The number of nitrogen functional groups attached to an aromatic ring is 1. The Labute approximate surface area is 128 Å². The van der Waals surface area contributed by atoms with Crippen LogP contribution in [0.1, 0.15) is 0 Å². The predicted octanol–water partition coefficient (Wildman–Crippen LogP) is 5.33. The largest absolute Gasteiger partial charge is 0.398 e. The highest BCUT2D eigenvalue weighted by Gasteiger charge is 2.06. The molecular weight excluding hydrogens is 388 g/mol. The summed E-state index contributed by atoms with van der Waals surface area (Å²) in [4.78, 5) is 1.89. The third-order valence-corrected chi connectivity index (χ3v) is 4.58. The van der Waals surface area contributed by atoms with Crippen LogP contribution in [0.15, 0.2) is 46.2 Å². The summed E-state index contributed by atoms with van der Waals surface area (Å²) < 4.78 is 1.11. The molecule has 0 heterocycles. The number of rotatable bonds is 2. The van der Waals surface area contributed by atoms with Gasteiger partial charge in [0.15, 0.2) is 0 Å². The summed E-state index contributed by atoms with van der Waals surface area (Å²) in [5.41, 5.74) is 6.70.